The van der Waals surface area contributed by atoms with E-state index in [-0.39, 0.29) is 12.5 Å². The molecule has 0 aliphatic heterocycles. The lowest BCUT2D eigenvalue weighted by Crippen LogP contribution is -2.20. The summed E-state index contributed by atoms with van der Waals surface area (Å²) in [6, 6.07) is 15.2. The average Bonchev–Trinajstić information content (AvgIpc) is 3.20. The Balaban J connectivity index is 1.57. The Morgan fingerprint density at radius 1 is 1.07 bits per heavy atom. The molecular formula is C22H22N2O4. The third kappa shape index (κ3) is 4.79. The lowest BCUT2D eigenvalue weighted by atomic mass is 10.1. The molecule has 0 bridgehead atoms. The van der Waals surface area contributed by atoms with Crippen LogP contribution >= 0.6 is 0 Å². The predicted molar refractivity (Wildman–Crippen MR) is 107 cm³/mol. The van der Waals surface area contributed by atoms with E-state index >= 15 is 0 Å². The summed E-state index contributed by atoms with van der Waals surface area (Å²) < 4.78 is 15.8. The van der Waals surface area contributed by atoms with Gasteiger partial charge in [0.1, 0.15) is 5.69 Å². The highest BCUT2D eigenvalue weighted by Gasteiger charge is 2.08. The molecule has 0 spiro atoms. The molecule has 2 aromatic carbocycles. The van der Waals surface area contributed by atoms with Crippen LogP contribution in [0.2, 0.25) is 0 Å². The summed E-state index contributed by atoms with van der Waals surface area (Å²) in [6.45, 7) is 2.31. The molecule has 1 N–H and O–H groups in total. The molecule has 0 unspecified atom stereocenters. The fourth-order valence-electron chi connectivity index (χ4n) is 2.61. The van der Waals surface area contributed by atoms with Gasteiger partial charge in [-0.25, -0.2) is 0 Å². The Hall–Kier alpha value is -3.54. The van der Waals surface area contributed by atoms with E-state index in [1.807, 2.05) is 43.3 Å². The van der Waals surface area contributed by atoms with E-state index in [2.05, 4.69) is 10.5 Å². The van der Waals surface area contributed by atoms with Crippen LogP contribution in [0, 0.1) is 6.92 Å². The maximum Gasteiger partial charge on any atom is 0.244 e. The second-order valence-corrected chi connectivity index (χ2v) is 6.21. The Bertz CT molecular complexity index is 974. The van der Waals surface area contributed by atoms with Crippen LogP contribution in [0.15, 0.2) is 59.1 Å². The minimum absolute atomic E-state index is 0.227. The number of methoxy groups -OCH3 is 2. The quantitative estimate of drug-likeness (QED) is 0.629. The number of hydrogen-bond acceptors (Lipinski definition) is 5. The lowest BCUT2D eigenvalue weighted by Gasteiger charge is -2.07. The Morgan fingerprint density at radius 3 is 2.54 bits per heavy atom. The van der Waals surface area contributed by atoms with Crippen molar-refractivity contribution in [3.8, 4) is 22.8 Å². The van der Waals surface area contributed by atoms with Gasteiger partial charge in [-0.2, -0.15) is 0 Å². The normalized spacial score (nSPS) is 10.8. The molecule has 0 aliphatic rings. The van der Waals surface area contributed by atoms with Crippen LogP contribution in [0.3, 0.4) is 0 Å². The molecule has 28 heavy (non-hydrogen) atoms. The summed E-state index contributed by atoms with van der Waals surface area (Å²) in [7, 11) is 3.15. The summed E-state index contributed by atoms with van der Waals surface area (Å²) in [4.78, 5) is 12.1. The Labute approximate surface area is 163 Å². The number of benzene rings is 2. The molecule has 144 valence electrons. The fourth-order valence-corrected chi connectivity index (χ4v) is 2.61. The summed E-state index contributed by atoms with van der Waals surface area (Å²) in [5.74, 6) is 1.69. The number of carbonyl (C=O) groups excluding carboxylic acids is 1. The first-order valence-corrected chi connectivity index (χ1v) is 8.79. The second kappa shape index (κ2) is 8.90. The van der Waals surface area contributed by atoms with E-state index < -0.39 is 0 Å². The number of amides is 1. The third-order valence-electron chi connectivity index (χ3n) is 4.17. The number of aryl methyl sites for hydroxylation is 1. The molecule has 6 heteroatoms. The molecule has 0 atom stereocenters. The van der Waals surface area contributed by atoms with Gasteiger partial charge in [-0.1, -0.05) is 41.1 Å². The van der Waals surface area contributed by atoms with Gasteiger partial charge in [-0.05, 0) is 30.7 Å². The molecule has 3 rings (SSSR count). The highest BCUT2D eigenvalue weighted by atomic mass is 16.5. The molecule has 6 nitrogen and oxygen atoms in total. The number of aromatic nitrogens is 1. The van der Waals surface area contributed by atoms with Crippen LogP contribution in [0.5, 0.6) is 11.5 Å². The maximum atomic E-state index is 12.1. The second-order valence-electron chi connectivity index (χ2n) is 6.21. The minimum Gasteiger partial charge on any atom is -0.493 e. The first-order chi connectivity index (χ1) is 13.6. The molecule has 0 saturated heterocycles. The van der Waals surface area contributed by atoms with Gasteiger partial charge in [0.2, 0.25) is 5.91 Å². The number of ether oxygens (including phenoxy) is 2. The van der Waals surface area contributed by atoms with Crippen molar-refractivity contribution < 1.29 is 18.8 Å². The number of nitrogens with one attached hydrogen (secondary N) is 1. The monoisotopic (exact) mass is 378 g/mol. The largest absolute Gasteiger partial charge is 0.493 e. The number of carbonyl (C=O) groups is 1. The fraction of sp³-hybridized carbons (Fsp3) is 0.182. The molecule has 0 saturated carbocycles. The summed E-state index contributed by atoms with van der Waals surface area (Å²) >= 11 is 0. The molecule has 1 aromatic heterocycles. The van der Waals surface area contributed by atoms with Crippen molar-refractivity contribution in [3.63, 3.8) is 0 Å². The number of nitrogens with zero attached hydrogens (tertiary/aromatic N) is 1. The smallest absolute Gasteiger partial charge is 0.244 e. The van der Waals surface area contributed by atoms with E-state index in [0.29, 0.717) is 23.0 Å². The standard InChI is InChI=1S/C22H22N2O4/c1-15-4-8-17(9-5-15)20-13-18(24-28-20)14-23-22(25)11-7-16-6-10-19(26-2)21(12-16)27-3/h4-13H,14H2,1-3H3,(H,23,25)/b11-7+. The van der Waals surface area contributed by atoms with Crippen molar-refractivity contribution in [3.05, 3.63) is 71.4 Å². The molecule has 1 amide bonds. The number of hydrogen-bond donors (Lipinski definition) is 1. The lowest BCUT2D eigenvalue weighted by molar-refractivity contribution is -0.116. The van der Waals surface area contributed by atoms with Crippen molar-refractivity contribution >= 4 is 12.0 Å². The minimum atomic E-state index is -0.227. The van der Waals surface area contributed by atoms with Gasteiger partial charge in [0, 0.05) is 17.7 Å². The van der Waals surface area contributed by atoms with Crippen molar-refractivity contribution in [1.29, 1.82) is 0 Å². The van der Waals surface area contributed by atoms with Crippen molar-refractivity contribution in [2.75, 3.05) is 14.2 Å². The average molecular weight is 378 g/mol. The molecule has 0 aliphatic carbocycles. The van der Waals surface area contributed by atoms with Gasteiger partial charge in [0.25, 0.3) is 0 Å². The Kier molecular flexibility index (Phi) is 6.11. The van der Waals surface area contributed by atoms with Gasteiger partial charge < -0.3 is 19.3 Å². The summed E-state index contributed by atoms with van der Waals surface area (Å²) in [5.41, 5.74) is 3.61. The van der Waals surface area contributed by atoms with E-state index in [1.165, 1.54) is 11.6 Å². The zero-order valence-electron chi connectivity index (χ0n) is 16.1. The third-order valence-corrected chi connectivity index (χ3v) is 4.17. The first-order valence-electron chi connectivity index (χ1n) is 8.79. The Morgan fingerprint density at radius 2 is 1.82 bits per heavy atom. The van der Waals surface area contributed by atoms with Gasteiger partial charge >= 0.3 is 0 Å². The highest BCUT2D eigenvalue weighted by Crippen LogP contribution is 2.28. The van der Waals surface area contributed by atoms with Crippen LogP contribution in [-0.4, -0.2) is 25.3 Å². The predicted octanol–water partition coefficient (Wildman–Crippen LogP) is 4.00. The van der Waals surface area contributed by atoms with Crippen molar-refractivity contribution in [1.82, 2.24) is 10.5 Å². The van der Waals surface area contributed by atoms with Crippen molar-refractivity contribution in [2.45, 2.75) is 13.5 Å². The summed E-state index contributed by atoms with van der Waals surface area (Å²) in [6.07, 6.45) is 3.17. The zero-order valence-corrected chi connectivity index (χ0v) is 16.1. The van der Waals surface area contributed by atoms with E-state index in [0.717, 1.165) is 11.1 Å². The van der Waals surface area contributed by atoms with E-state index in [9.17, 15) is 4.79 Å². The SMILES string of the molecule is COc1ccc(/C=C/C(=O)NCc2cc(-c3ccc(C)cc3)on2)cc1OC. The molecule has 1 heterocycles. The first kappa shape index (κ1) is 19.2. The topological polar surface area (TPSA) is 73.6 Å². The zero-order chi connectivity index (χ0) is 19.9. The maximum absolute atomic E-state index is 12.1. The van der Waals surface area contributed by atoms with Crippen LogP contribution in [0.1, 0.15) is 16.8 Å². The van der Waals surface area contributed by atoms with Gasteiger partial charge in [0.15, 0.2) is 17.3 Å². The van der Waals surface area contributed by atoms with Crippen LogP contribution in [0.25, 0.3) is 17.4 Å². The summed E-state index contributed by atoms with van der Waals surface area (Å²) in [5, 5.41) is 6.79. The van der Waals surface area contributed by atoms with Crippen LogP contribution < -0.4 is 14.8 Å². The van der Waals surface area contributed by atoms with E-state index in [4.69, 9.17) is 14.0 Å². The van der Waals surface area contributed by atoms with Crippen LogP contribution in [-0.2, 0) is 11.3 Å². The van der Waals surface area contributed by atoms with Gasteiger partial charge in [-0.3, -0.25) is 4.79 Å². The molecule has 0 fully saturated rings. The van der Waals surface area contributed by atoms with Crippen molar-refractivity contribution in [2.24, 2.45) is 0 Å². The van der Waals surface area contributed by atoms with Crippen LogP contribution in [0.4, 0.5) is 0 Å². The van der Waals surface area contributed by atoms with Gasteiger partial charge in [-0.15, -0.1) is 0 Å². The highest BCUT2D eigenvalue weighted by molar-refractivity contribution is 5.91. The molecule has 3 aromatic rings. The van der Waals surface area contributed by atoms with E-state index in [1.54, 1.807) is 32.4 Å². The van der Waals surface area contributed by atoms with Gasteiger partial charge in [0.05, 0.1) is 20.8 Å². The molecular weight excluding hydrogens is 356 g/mol. The number of rotatable bonds is 7. The molecule has 0 radical (unpaired) electrons.